The number of nitriles is 2. The van der Waals surface area contributed by atoms with E-state index in [0.717, 1.165) is 6.20 Å². The van der Waals surface area contributed by atoms with E-state index in [1.807, 2.05) is 0 Å². The Bertz CT molecular complexity index is 662. The average Bonchev–Trinajstić information content (AvgIpc) is 2.31. The van der Waals surface area contributed by atoms with Gasteiger partial charge in [-0.3, -0.25) is 4.55 Å². The van der Waals surface area contributed by atoms with Gasteiger partial charge in [0.15, 0.2) is 0 Å². The van der Waals surface area contributed by atoms with Crippen LogP contribution >= 0.6 is 0 Å². The van der Waals surface area contributed by atoms with Crippen molar-refractivity contribution in [2.75, 3.05) is 5.32 Å². The second-order valence-corrected chi connectivity index (χ2v) is 4.80. The van der Waals surface area contributed by atoms with Crippen LogP contribution in [-0.2, 0) is 10.1 Å². The summed E-state index contributed by atoms with van der Waals surface area (Å²) in [5.41, 5.74) is 0.939. The standard InChI is InChI=1S/C11H9N3O3S/c1-8-2-3-10(18(15,16)17)4-11(8)14-7-9(5-12)6-13/h2-4,7,14H,1H3,(H,15,16,17). The molecular weight excluding hydrogens is 254 g/mol. The maximum absolute atomic E-state index is 11.0. The highest BCUT2D eigenvalue weighted by molar-refractivity contribution is 7.85. The van der Waals surface area contributed by atoms with Crippen LogP contribution in [0.15, 0.2) is 34.9 Å². The Morgan fingerprint density at radius 2 is 2.00 bits per heavy atom. The van der Waals surface area contributed by atoms with E-state index in [1.165, 1.54) is 18.2 Å². The van der Waals surface area contributed by atoms with Crippen LogP contribution in [-0.4, -0.2) is 13.0 Å². The second-order valence-electron chi connectivity index (χ2n) is 3.38. The fraction of sp³-hybridized carbons (Fsp3) is 0.0909. The van der Waals surface area contributed by atoms with Crippen molar-refractivity contribution >= 4 is 15.8 Å². The van der Waals surface area contributed by atoms with Crippen molar-refractivity contribution < 1.29 is 13.0 Å². The summed E-state index contributed by atoms with van der Waals surface area (Å²) in [6.45, 7) is 1.71. The molecule has 2 N–H and O–H groups in total. The third-order valence-electron chi connectivity index (χ3n) is 2.12. The van der Waals surface area contributed by atoms with E-state index < -0.39 is 10.1 Å². The number of anilines is 1. The van der Waals surface area contributed by atoms with Crippen LogP contribution in [0.3, 0.4) is 0 Å². The van der Waals surface area contributed by atoms with E-state index in [9.17, 15) is 8.42 Å². The summed E-state index contributed by atoms with van der Waals surface area (Å²) in [6.07, 6.45) is 1.16. The monoisotopic (exact) mass is 263 g/mol. The highest BCUT2D eigenvalue weighted by Gasteiger charge is 2.10. The summed E-state index contributed by atoms with van der Waals surface area (Å²) in [6, 6.07) is 7.28. The fourth-order valence-electron chi connectivity index (χ4n) is 1.16. The molecular formula is C11H9N3O3S. The van der Waals surface area contributed by atoms with Gasteiger partial charge in [0.25, 0.3) is 10.1 Å². The van der Waals surface area contributed by atoms with E-state index in [2.05, 4.69) is 5.32 Å². The van der Waals surface area contributed by atoms with E-state index >= 15 is 0 Å². The lowest BCUT2D eigenvalue weighted by atomic mass is 10.2. The molecule has 0 saturated heterocycles. The number of hydrogen-bond donors (Lipinski definition) is 2. The highest BCUT2D eigenvalue weighted by Crippen LogP contribution is 2.20. The zero-order valence-corrected chi connectivity index (χ0v) is 10.2. The largest absolute Gasteiger partial charge is 0.360 e. The van der Waals surface area contributed by atoms with Crippen molar-refractivity contribution in [3.05, 3.63) is 35.5 Å². The minimum absolute atomic E-state index is 0.147. The van der Waals surface area contributed by atoms with Crippen LogP contribution < -0.4 is 5.32 Å². The molecule has 0 aromatic heterocycles. The van der Waals surface area contributed by atoms with Crippen molar-refractivity contribution in [1.82, 2.24) is 0 Å². The summed E-state index contributed by atoms with van der Waals surface area (Å²) in [5.74, 6) is 0. The Morgan fingerprint density at radius 1 is 1.39 bits per heavy atom. The lowest BCUT2D eigenvalue weighted by Crippen LogP contribution is -2.00. The van der Waals surface area contributed by atoms with Gasteiger partial charge in [-0.15, -0.1) is 0 Å². The summed E-state index contributed by atoms with van der Waals surface area (Å²) < 4.78 is 30.8. The summed E-state index contributed by atoms with van der Waals surface area (Å²) in [5, 5.41) is 19.7. The fourth-order valence-corrected chi connectivity index (χ4v) is 1.66. The highest BCUT2D eigenvalue weighted by atomic mass is 32.2. The zero-order valence-electron chi connectivity index (χ0n) is 9.38. The van der Waals surface area contributed by atoms with Crippen molar-refractivity contribution in [3.8, 4) is 12.1 Å². The van der Waals surface area contributed by atoms with Gasteiger partial charge in [0.05, 0.1) is 4.90 Å². The molecule has 1 rings (SSSR count). The van der Waals surface area contributed by atoms with Gasteiger partial charge in [0, 0.05) is 11.9 Å². The zero-order chi connectivity index (χ0) is 13.8. The minimum atomic E-state index is -4.28. The average molecular weight is 263 g/mol. The predicted molar refractivity (Wildman–Crippen MR) is 63.9 cm³/mol. The molecule has 0 aliphatic heterocycles. The van der Waals surface area contributed by atoms with E-state index in [4.69, 9.17) is 15.1 Å². The van der Waals surface area contributed by atoms with Crippen LogP contribution in [0.4, 0.5) is 5.69 Å². The molecule has 0 aliphatic carbocycles. The summed E-state index contributed by atoms with van der Waals surface area (Å²) in [7, 11) is -4.28. The van der Waals surface area contributed by atoms with Crippen LogP contribution in [0.2, 0.25) is 0 Å². The molecule has 7 heteroatoms. The van der Waals surface area contributed by atoms with Crippen LogP contribution in [0.25, 0.3) is 0 Å². The Kier molecular flexibility index (Phi) is 4.05. The summed E-state index contributed by atoms with van der Waals surface area (Å²) in [4.78, 5) is -0.264. The Morgan fingerprint density at radius 3 is 2.50 bits per heavy atom. The topological polar surface area (TPSA) is 114 Å². The predicted octanol–water partition coefficient (Wildman–Crippen LogP) is 1.58. The number of nitrogens with one attached hydrogen (secondary N) is 1. The van der Waals surface area contributed by atoms with Crippen molar-refractivity contribution in [2.45, 2.75) is 11.8 Å². The molecule has 0 saturated carbocycles. The van der Waals surface area contributed by atoms with Gasteiger partial charge in [-0.2, -0.15) is 18.9 Å². The smallest absolute Gasteiger partial charge is 0.294 e. The first kappa shape index (κ1) is 13.7. The SMILES string of the molecule is Cc1ccc(S(=O)(=O)O)cc1NC=C(C#N)C#N. The van der Waals surface area contributed by atoms with Crippen LogP contribution in [0, 0.1) is 29.6 Å². The molecule has 1 aromatic carbocycles. The molecule has 0 atom stereocenters. The van der Waals surface area contributed by atoms with Crippen LogP contribution in [0.1, 0.15) is 5.56 Å². The molecule has 6 nitrogen and oxygen atoms in total. The molecule has 0 bridgehead atoms. The van der Waals surface area contributed by atoms with E-state index in [1.54, 1.807) is 19.1 Å². The molecule has 0 fully saturated rings. The molecule has 18 heavy (non-hydrogen) atoms. The third kappa shape index (κ3) is 3.32. The van der Waals surface area contributed by atoms with Crippen molar-refractivity contribution in [2.24, 2.45) is 0 Å². The molecule has 0 aliphatic rings. The van der Waals surface area contributed by atoms with Gasteiger partial charge in [-0.05, 0) is 24.6 Å². The number of hydrogen-bond acceptors (Lipinski definition) is 5. The number of allylic oxidation sites excluding steroid dienone is 1. The molecule has 0 spiro atoms. The van der Waals surface area contributed by atoms with E-state index in [-0.39, 0.29) is 10.5 Å². The van der Waals surface area contributed by atoms with Gasteiger partial charge in [0.2, 0.25) is 0 Å². The number of aryl methyl sites for hydroxylation is 1. The van der Waals surface area contributed by atoms with Crippen molar-refractivity contribution in [1.29, 1.82) is 10.5 Å². The first-order valence-electron chi connectivity index (χ1n) is 4.73. The maximum Gasteiger partial charge on any atom is 0.294 e. The van der Waals surface area contributed by atoms with Gasteiger partial charge in [-0.25, -0.2) is 0 Å². The van der Waals surface area contributed by atoms with Gasteiger partial charge >= 0.3 is 0 Å². The summed E-state index contributed by atoms with van der Waals surface area (Å²) >= 11 is 0. The van der Waals surface area contributed by atoms with E-state index in [0.29, 0.717) is 11.3 Å². The van der Waals surface area contributed by atoms with Gasteiger partial charge in [0.1, 0.15) is 17.7 Å². The van der Waals surface area contributed by atoms with Gasteiger partial charge < -0.3 is 5.32 Å². The number of rotatable bonds is 3. The molecule has 92 valence electrons. The first-order chi connectivity index (χ1) is 8.38. The first-order valence-corrected chi connectivity index (χ1v) is 6.17. The number of nitrogens with zero attached hydrogens (tertiary/aromatic N) is 2. The Balaban J connectivity index is 3.16. The lowest BCUT2D eigenvalue weighted by Gasteiger charge is -2.07. The Hall–Kier alpha value is -2.35. The quantitative estimate of drug-likeness (QED) is 0.632. The Labute approximate surface area is 105 Å². The van der Waals surface area contributed by atoms with Gasteiger partial charge in [-0.1, -0.05) is 6.07 Å². The normalized spacial score (nSPS) is 10.0. The minimum Gasteiger partial charge on any atom is -0.360 e. The molecule has 1 aromatic rings. The molecule has 0 radical (unpaired) electrons. The van der Waals surface area contributed by atoms with Crippen molar-refractivity contribution in [3.63, 3.8) is 0 Å². The second kappa shape index (κ2) is 5.32. The lowest BCUT2D eigenvalue weighted by molar-refractivity contribution is 0.483. The molecule has 0 heterocycles. The molecule has 0 amide bonds. The number of benzene rings is 1. The van der Waals surface area contributed by atoms with Crippen LogP contribution in [0.5, 0.6) is 0 Å². The molecule has 0 unspecified atom stereocenters. The maximum atomic E-state index is 11.0. The third-order valence-corrected chi connectivity index (χ3v) is 2.97.